The SMILES string of the molecule is COc1ccc(C[S@@](=O)[C@H](C)c2cccs2)cc1SC(F)(F)F. The highest BCUT2D eigenvalue weighted by Crippen LogP contribution is 2.42. The molecule has 1 aromatic heterocycles. The Hall–Kier alpha value is -0.990. The van der Waals surface area contributed by atoms with Crippen molar-refractivity contribution in [2.45, 2.75) is 28.3 Å². The van der Waals surface area contributed by atoms with Crippen LogP contribution in [0.2, 0.25) is 0 Å². The fourth-order valence-corrected chi connectivity index (χ4v) is 4.92. The molecule has 2 aromatic rings. The summed E-state index contributed by atoms with van der Waals surface area (Å²) in [6.45, 7) is 1.86. The summed E-state index contributed by atoms with van der Waals surface area (Å²) >= 11 is 1.30. The molecule has 23 heavy (non-hydrogen) atoms. The number of benzene rings is 1. The standard InChI is InChI=1S/C15H15F3O2S3/c1-10(13-4-3-7-21-13)23(19)9-11-5-6-12(20-2)14(8-11)22-15(16,17)18/h3-8,10H,9H2,1-2H3/t10-,23-/m1/s1. The number of thioether (sulfide) groups is 1. The van der Waals surface area contributed by atoms with Gasteiger partial charge in [-0.15, -0.1) is 11.3 Å². The van der Waals surface area contributed by atoms with Crippen molar-refractivity contribution in [2.75, 3.05) is 7.11 Å². The lowest BCUT2D eigenvalue weighted by molar-refractivity contribution is -0.0328. The van der Waals surface area contributed by atoms with Crippen LogP contribution in [0.15, 0.2) is 40.6 Å². The van der Waals surface area contributed by atoms with Gasteiger partial charge >= 0.3 is 5.51 Å². The molecule has 0 aliphatic carbocycles. The summed E-state index contributed by atoms with van der Waals surface area (Å²) in [6, 6.07) is 8.33. The smallest absolute Gasteiger partial charge is 0.446 e. The van der Waals surface area contributed by atoms with E-state index in [0.717, 1.165) is 4.88 Å². The lowest BCUT2D eigenvalue weighted by atomic mass is 10.2. The Kier molecular flexibility index (Phi) is 6.16. The van der Waals surface area contributed by atoms with Crippen LogP contribution in [0, 0.1) is 0 Å². The van der Waals surface area contributed by atoms with Crippen molar-refractivity contribution in [3.8, 4) is 5.75 Å². The largest absolute Gasteiger partial charge is 0.496 e. The predicted molar refractivity (Wildman–Crippen MR) is 89.5 cm³/mol. The van der Waals surface area contributed by atoms with Crippen LogP contribution in [0.25, 0.3) is 0 Å². The molecule has 0 spiro atoms. The normalized spacial score (nSPS) is 14.5. The van der Waals surface area contributed by atoms with E-state index in [-0.39, 0.29) is 33.4 Å². The second-order valence-electron chi connectivity index (χ2n) is 4.72. The Balaban J connectivity index is 2.16. The van der Waals surface area contributed by atoms with Crippen LogP contribution in [-0.4, -0.2) is 16.8 Å². The summed E-state index contributed by atoms with van der Waals surface area (Å²) in [7, 11) is 0.120. The molecule has 126 valence electrons. The van der Waals surface area contributed by atoms with Crippen LogP contribution in [0.1, 0.15) is 22.6 Å². The van der Waals surface area contributed by atoms with Gasteiger partial charge in [0, 0.05) is 21.4 Å². The van der Waals surface area contributed by atoms with Gasteiger partial charge in [-0.25, -0.2) is 0 Å². The van der Waals surface area contributed by atoms with E-state index in [1.54, 1.807) is 6.07 Å². The first kappa shape index (κ1) is 18.4. The van der Waals surface area contributed by atoms with Crippen LogP contribution >= 0.6 is 23.1 Å². The summed E-state index contributed by atoms with van der Waals surface area (Å²) in [5, 5.41) is 1.75. The third kappa shape index (κ3) is 5.26. The molecule has 0 aliphatic heterocycles. The quantitative estimate of drug-likeness (QED) is 0.630. The van der Waals surface area contributed by atoms with E-state index < -0.39 is 16.3 Å². The molecule has 0 saturated heterocycles. The third-order valence-corrected chi connectivity index (χ3v) is 6.74. The van der Waals surface area contributed by atoms with Crippen molar-refractivity contribution < 1.29 is 22.1 Å². The fourth-order valence-electron chi connectivity index (χ4n) is 1.96. The van der Waals surface area contributed by atoms with Crippen LogP contribution in [0.5, 0.6) is 5.75 Å². The predicted octanol–water partition coefficient (Wildman–Crippen LogP) is 5.38. The first-order chi connectivity index (χ1) is 10.8. The molecule has 0 saturated carbocycles. The average Bonchev–Trinajstić information content (AvgIpc) is 2.99. The summed E-state index contributed by atoms with van der Waals surface area (Å²) in [4.78, 5) is 0.986. The molecule has 2 rings (SSSR count). The summed E-state index contributed by atoms with van der Waals surface area (Å²) in [5.41, 5.74) is -3.80. The molecule has 2 nitrogen and oxygen atoms in total. The van der Waals surface area contributed by atoms with Gasteiger partial charge < -0.3 is 4.74 Å². The molecule has 0 amide bonds. The van der Waals surface area contributed by atoms with Crippen molar-refractivity contribution in [3.05, 3.63) is 46.2 Å². The maximum Gasteiger partial charge on any atom is 0.446 e. The first-order valence-electron chi connectivity index (χ1n) is 6.63. The molecule has 1 heterocycles. The topological polar surface area (TPSA) is 26.3 Å². The molecule has 0 radical (unpaired) electrons. The third-order valence-electron chi connectivity index (χ3n) is 3.10. The Labute approximate surface area is 143 Å². The Morgan fingerprint density at radius 1 is 1.35 bits per heavy atom. The van der Waals surface area contributed by atoms with Crippen molar-refractivity contribution in [3.63, 3.8) is 0 Å². The average molecular weight is 380 g/mol. The van der Waals surface area contributed by atoms with Gasteiger partial charge in [-0.2, -0.15) is 13.2 Å². The first-order valence-corrected chi connectivity index (χ1v) is 9.71. The van der Waals surface area contributed by atoms with Crippen LogP contribution < -0.4 is 4.74 Å². The fraction of sp³-hybridized carbons (Fsp3) is 0.333. The van der Waals surface area contributed by atoms with Gasteiger partial charge in [-0.1, -0.05) is 12.1 Å². The van der Waals surface area contributed by atoms with E-state index in [1.807, 2.05) is 24.4 Å². The van der Waals surface area contributed by atoms with Crippen LogP contribution in [0.3, 0.4) is 0 Å². The zero-order valence-electron chi connectivity index (χ0n) is 12.4. The van der Waals surface area contributed by atoms with Gasteiger partial charge in [0.05, 0.1) is 17.3 Å². The minimum Gasteiger partial charge on any atom is -0.496 e. The van der Waals surface area contributed by atoms with Gasteiger partial charge in [0.25, 0.3) is 0 Å². The minimum absolute atomic E-state index is 0.0155. The number of hydrogen-bond donors (Lipinski definition) is 0. The van der Waals surface area contributed by atoms with E-state index in [2.05, 4.69) is 0 Å². The monoisotopic (exact) mass is 380 g/mol. The van der Waals surface area contributed by atoms with E-state index in [9.17, 15) is 17.4 Å². The highest BCUT2D eigenvalue weighted by atomic mass is 32.2. The maximum atomic E-state index is 12.6. The maximum absolute atomic E-state index is 12.6. The van der Waals surface area contributed by atoms with Gasteiger partial charge in [-0.05, 0) is 47.8 Å². The van der Waals surface area contributed by atoms with Crippen LogP contribution in [0.4, 0.5) is 13.2 Å². The van der Waals surface area contributed by atoms with E-state index in [4.69, 9.17) is 4.74 Å². The molecular weight excluding hydrogens is 365 g/mol. The number of methoxy groups -OCH3 is 1. The molecular formula is C15H15F3O2S3. The minimum atomic E-state index is -4.39. The van der Waals surface area contributed by atoms with Crippen molar-refractivity contribution in [1.82, 2.24) is 0 Å². The van der Waals surface area contributed by atoms with Gasteiger partial charge in [0.1, 0.15) is 5.75 Å². The van der Waals surface area contributed by atoms with Gasteiger partial charge in [-0.3, -0.25) is 4.21 Å². The molecule has 0 aliphatic rings. The Morgan fingerprint density at radius 3 is 2.65 bits per heavy atom. The molecule has 1 aromatic carbocycles. The van der Waals surface area contributed by atoms with Gasteiger partial charge in [0.15, 0.2) is 0 Å². The van der Waals surface area contributed by atoms with Gasteiger partial charge in [0.2, 0.25) is 0 Å². The molecule has 2 atom stereocenters. The van der Waals surface area contributed by atoms with E-state index in [1.165, 1.54) is 30.6 Å². The number of rotatable bonds is 6. The van der Waals surface area contributed by atoms with Crippen LogP contribution in [-0.2, 0) is 16.6 Å². The van der Waals surface area contributed by atoms with E-state index in [0.29, 0.717) is 5.56 Å². The number of halogens is 3. The molecule has 0 unspecified atom stereocenters. The summed E-state index contributed by atoms with van der Waals surface area (Å²) < 4.78 is 55.2. The van der Waals surface area contributed by atoms with Crippen molar-refractivity contribution >= 4 is 33.9 Å². The molecule has 8 heteroatoms. The zero-order chi connectivity index (χ0) is 17.0. The summed E-state index contributed by atoms with van der Waals surface area (Å²) in [5.74, 6) is 0.363. The Bertz CT molecular complexity index is 669. The van der Waals surface area contributed by atoms with E-state index >= 15 is 0 Å². The Morgan fingerprint density at radius 2 is 2.09 bits per heavy atom. The lowest BCUT2D eigenvalue weighted by Gasteiger charge is -2.13. The number of ether oxygens (including phenoxy) is 1. The zero-order valence-corrected chi connectivity index (χ0v) is 14.9. The number of alkyl halides is 3. The highest BCUT2D eigenvalue weighted by Gasteiger charge is 2.31. The number of thiophene rings is 1. The second-order valence-corrected chi connectivity index (χ2v) is 8.56. The van der Waals surface area contributed by atoms with Crippen molar-refractivity contribution in [1.29, 1.82) is 0 Å². The second kappa shape index (κ2) is 7.72. The van der Waals surface area contributed by atoms with Crippen molar-refractivity contribution in [2.24, 2.45) is 0 Å². The lowest BCUT2D eigenvalue weighted by Crippen LogP contribution is -2.05. The molecule has 0 bridgehead atoms. The highest BCUT2D eigenvalue weighted by molar-refractivity contribution is 8.00. The summed E-state index contributed by atoms with van der Waals surface area (Å²) in [6.07, 6.45) is 0. The molecule has 0 fully saturated rings. The molecule has 0 N–H and O–H groups in total. The number of hydrogen-bond acceptors (Lipinski definition) is 4.